The minimum atomic E-state index is -1.08. The molecule has 0 fully saturated rings. The Hall–Kier alpha value is -4.23. The monoisotopic (exact) mass is 484 g/mol. The maximum atomic E-state index is 13.0. The summed E-state index contributed by atoms with van der Waals surface area (Å²) in [5, 5.41) is 6.09. The van der Waals surface area contributed by atoms with E-state index < -0.39 is 5.54 Å². The molecule has 0 N–H and O–H groups in total. The number of halogens is 1. The molecule has 3 heterocycles. The SMILES string of the molecule is C=CC(=O)[C@@]1(n2nc(-c3ccc(Oc4cccc(OC)c4Cl)cc3)c3cnccc32)C=CC=NC1. The number of aliphatic imine (C=N–C) groups is 1. The van der Waals surface area contributed by atoms with Gasteiger partial charge in [-0.15, -0.1) is 0 Å². The Morgan fingerprint density at radius 2 is 1.97 bits per heavy atom. The second-order valence-electron chi connectivity index (χ2n) is 7.89. The normalized spacial score (nSPS) is 16.9. The van der Waals surface area contributed by atoms with Gasteiger partial charge < -0.3 is 9.47 Å². The molecule has 0 radical (unpaired) electrons. The molecular formula is C27H21ClN4O3. The zero-order chi connectivity index (χ0) is 24.4. The van der Waals surface area contributed by atoms with Gasteiger partial charge in [-0.1, -0.05) is 24.2 Å². The second-order valence-corrected chi connectivity index (χ2v) is 8.27. The standard InChI is InChI=1S/C27H21ClN4O3/c1-3-24(33)27(13-5-14-30-17-27)32-21-12-15-29-16-20(21)26(31-32)18-8-10-19(11-9-18)35-23-7-4-6-22(34-2)25(23)28/h3-16H,1,17H2,2H3/t27-/m1/s1. The maximum Gasteiger partial charge on any atom is 0.188 e. The highest BCUT2D eigenvalue weighted by Crippen LogP contribution is 2.38. The molecule has 0 saturated heterocycles. The minimum absolute atomic E-state index is 0.183. The Morgan fingerprint density at radius 1 is 1.17 bits per heavy atom. The number of pyridine rings is 1. The van der Waals surface area contributed by atoms with Gasteiger partial charge >= 0.3 is 0 Å². The van der Waals surface area contributed by atoms with Crippen LogP contribution in [0.5, 0.6) is 17.2 Å². The number of ether oxygens (including phenoxy) is 2. The van der Waals surface area contributed by atoms with Crippen molar-refractivity contribution in [3.8, 4) is 28.5 Å². The van der Waals surface area contributed by atoms with Gasteiger partial charge in [0, 0.05) is 29.6 Å². The van der Waals surface area contributed by atoms with Gasteiger partial charge in [0.15, 0.2) is 11.3 Å². The zero-order valence-electron chi connectivity index (χ0n) is 18.9. The van der Waals surface area contributed by atoms with Crippen molar-refractivity contribution < 1.29 is 14.3 Å². The van der Waals surface area contributed by atoms with E-state index in [4.69, 9.17) is 26.2 Å². The summed E-state index contributed by atoms with van der Waals surface area (Å²) < 4.78 is 12.9. The Kier molecular flexibility index (Phi) is 5.93. The lowest BCUT2D eigenvalue weighted by Gasteiger charge is -2.29. The fourth-order valence-electron chi connectivity index (χ4n) is 4.10. The summed E-state index contributed by atoms with van der Waals surface area (Å²) in [7, 11) is 1.56. The molecule has 1 aliphatic rings. The molecule has 2 aromatic carbocycles. The highest BCUT2D eigenvalue weighted by atomic mass is 35.5. The van der Waals surface area contributed by atoms with E-state index in [0.717, 1.165) is 16.5 Å². The number of fused-ring (bicyclic) bond motifs is 1. The first kappa shape index (κ1) is 22.6. The van der Waals surface area contributed by atoms with Crippen LogP contribution in [0.4, 0.5) is 0 Å². The molecule has 0 spiro atoms. The largest absolute Gasteiger partial charge is 0.495 e. The molecule has 7 nitrogen and oxygen atoms in total. The molecule has 0 unspecified atom stereocenters. The Morgan fingerprint density at radius 3 is 2.69 bits per heavy atom. The Balaban J connectivity index is 1.55. The van der Waals surface area contributed by atoms with Crippen molar-refractivity contribution in [3.63, 3.8) is 0 Å². The summed E-state index contributed by atoms with van der Waals surface area (Å²) in [4.78, 5) is 21.6. The number of hydrogen-bond donors (Lipinski definition) is 0. The first-order valence-electron chi connectivity index (χ1n) is 10.9. The van der Waals surface area contributed by atoms with E-state index >= 15 is 0 Å². The van der Waals surface area contributed by atoms with E-state index in [1.54, 1.807) is 48.6 Å². The number of ketones is 1. The van der Waals surface area contributed by atoms with Crippen LogP contribution >= 0.6 is 11.6 Å². The summed E-state index contributed by atoms with van der Waals surface area (Å²) in [5.74, 6) is 1.45. The number of allylic oxidation sites excluding steroid dienone is 2. The van der Waals surface area contributed by atoms with Gasteiger partial charge in [0.25, 0.3) is 0 Å². The van der Waals surface area contributed by atoms with Crippen LogP contribution in [0.15, 0.2) is 90.7 Å². The van der Waals surface area contributed by atoms with Crippen molar-refractivity contribution >= 4 is 34.5 Å². The Labute approximate surface area is 207 Å². The number of benzene rings is 2. The van der Waals surface area contributed by atoms with Crippen molar-refractivity contribution in [2.75, 3.05) is 13.7 Å². The summed E-state index contributed by atoms with van der Waals surface area (Å²) in [6.07, 6.45) is 9.99. The van der Waals surface area contributed by atoms with Crippen LogP contribution in [-0.4, -0.2) is 40.4 Å². The molecule has 5 rings (SSSR count). The number of aromatic nitrogens is 3. The van der Waals surface area contributed by atoms with E-state index in [0.29, 0.717) is 28.0 Å². The van der Waals surface area contributed by atoms with Crippen molar-refractivity contribution in [1.82, 2.24) is 14.8 Å². The van der Waals surface area contributed by atoms with Crippen molar-refractivity contribution in [1.29, 1.82) is 0 Å². The molecule has 4 aromatic rings. The molecule has 35 heavy (non-hydrogen) atoms. The van der Waals surface area contributed by atoms with E-state index in [1.807, 2.05) is 42.5 Å². The summed E-state index contributed by atoms with van der Waals surface area (Å²) in [5.41, 5.74) is 1.23. The number of carbonyl (C=O) groups is 1. The fourth-order valence-corrected chi connectivity index (χ4v) is 4.34. The lowest BCUT2D eigenvalue weighted by molar-refractivity contribution is -0.120. The first-order chi connectivity index (χ1) is 17.1. The predicted molar refractivity (Wildman–Crippen MR) is 137 cm³/mol. The van der Waals surface area contributed by atoms with Gasteiger partial charge in [-0.05, 0) is 60.7 Å². The molecule has 2 aromatic heterocycles. The molecule has 0 bridgehead atoms. The quantitative estimate of drug-likeness (QED) is 0.317. The highest BCUT2D eigenvalue weighted by molar-refractivity contribution is 6.33. The highest BCUT2D eigenvalue weighted by Gasteiger charge is 2.39. The van der Waals surface area contributed by atoms with Crippen molar-refractivity contribution in [3.05, 3.63) is 90.8 Å². The topological polar surface area (TPSA) is 78.6 Å². The van der Waals surface area contributed by atoms with Crippen molar-refractivity contribution in [2.24, 2.45) is 4.99 Å². The van der Waals surface area contributed by atoms with Crippen LogP contribution in [0.3, 0.4) is 0 Å². The minimum Gasteiger partial charge on any atom is -0.495 e. The van der Waals surface area contributed by atoms with Gasteiger partial charge in [0.2, 0.25) is 0 Å². The molecular weight excluding hydrogens is 464 g/mol. The average Bonchev–Trinajstić information content (AvgIpc) is 3.30. The van der Waals surface area contributed by atoms with Gasteiger partial charge in [0.1, 0.15) is 28.0 Å². The first-order valence-corrected chi connectivity index (χ1v) is 11.2. The van der Waals surface area contributed by atoms with Gasteiger partial charge in [-0.2, -0.15) is 5.10 Å². The van der Waals surface area contributed by atoms with Crippen LogP contribution in [-0.2, 0) is 10.3 Å². The van der Waals surface area contributed by atoms with Crippen LogP contribution in [0, 0.1) is 0 Å². The fraction of sp³-hybridized carbons (Fsp3) is 0.111. The van der Waals surface area contributed by atoms with Crippen LogP contribution in [0.2, 0.25) is 5.02 Å². The van der Waals surface area contributed by atoms with Crippen LogP contribution in [0.25, 0.3) is 22.2 Å². The Bertz CT molecular complexity index is 1490. The lowest BCUT2D eigenvalue weighted by Crippen LogP contribution is -2.44. The number of methoxy groups -OCH3 is 1. The number of rotatable bonds is 7. The molecule has 1 aliphatic heterocycles. The third kappa shape index (κ3) is 3.90. The van der Waals surface area contributed by atoms with Crippen LogP contribution in [0.1, 0.15) is 0 Å². The third-order valence-corrected chi connectivity index (χ3v) is 6.24. The summed E-state index contributed by atoms with van der Waals surface area (Å²) in [6, 6.07) is 14.7. The number of nitrogens with zero attached hydrogens (tertiary/aromatic N) is 4. The van der Waals surface area contributed by atoms with Crippen LogP contribution < -0.4 is 9.47 Å². The average molecular weight is 485 g/mol. The van der Waals surface area contributed by atoms with E-state index in [9.17, 15) is 4.79 Å². The molecule has 8 heteroatoms. The predicted octanol–water partition coefficient (Wildman–Crippen LogP) is 5.64. The maximum absolute atomic E-state index is 13.0. The number of hydrogen-bond acceptors (Lipinski definition) is 6. The summed E-state index contributed by atoms with van der Waals surface area (Å²) >= 11 is 6.36. The third-order valence-electron chi connectivity index (χ3n) is 5.87. The lowest BCUT2D eigenvalue weighted by atomic mass is 9.91. The zero-order valence-corrected chi connectivity index (χ0v) is 19.6. The number of dihydropyridines is 1. The molecule has 174 valence electrons. The molecule has 0 amide bonds. The van der Waals surface area contributed by atoms with E-state index in [1.165, 1.54) is 6.08 Å². The second kappa shape index (κ2) is 9.19. The van der Waals surface area contributed by atoms with Crippen molar-refractivity contribution in [2.45, 2.75) is 5.54 Å². The van der Waals surface area contributed by atoms with Gasteiger partial charge in [-0.3, -0.25) is 14.8 Å². The van der Waals surface area contributed by atoms with E-state index in [-0.39, 0.29) is 12.3 Å². The van der Waals surface area contributed by atoms with Gasteiger partial charge in [-0.25, -0.2) is 4.68 Å². The smallest absolute Gasteiger partial charge is 0.188 e. The van der Waals surface area contributed by atoms with E-state index in [2.05, 4.69) is 16.6 Å². The summed E-state index contributed by atoms with van der Waals surface area (Å²) in [6.45, 7) is 3.93. The number of carbonyl (C=O) groups excluding carboxylic acids is 1. The van der Waals surface area contributed by atoms with Gasteiger partial charge in [0.05, 0.1) is 19.2 Å². The molecule has 1 atom stereocenters. The molecule has 0 saturated carbocycles. The molecule has 0 aliphatic carbocycles.